The quantitative estimate of drug-likeness (QED) is 0.652. The van der Waals surface area contributed by atoms with E-state index in [9.17, 15) is 24.9 Å². The zero-order valence-electron chi connectivity index (χ0n) is 11.4. The first-order valence-corrected chi connectivity index (χ1v) is 6.25. The molecule has 0 saturated carbocycles. The van der Waals surface area contributed by atoms with Gasteiger partial charge >= 0.3 is 0 Å². The summed E-state index contributed by atoms with van der Waals surface area (Å²) in [4.78, 5) is 25.7. The second-order valence-corrected chi connectivity index (χ2v) is 5.09. The Morgan fingerprint density at radius 1 is 0.900 bits per heavy atom. The van der Waals surface area contributed by atoms with Crippen LogP contribution in [0.1, 0.15) is 31.8 Å². The molecule has 6 nitrogen and oxygen atoms in total. The van der Waals surface area contributed by atoms with Gasteiger partial charge in [0.05, 0.1) is 30.9 Å². The van der Waals surface area contributed by atoms with Gasteiger partial charge in [-0.3, -0.25) is 14.5 Å². The third-order valence-corrected chi connectivity index (χ3v) is 3.81. The van der Waals surface area contributed by atoms with Crippen LogP contribution in [0.2, 0.25) is 0 Å². The number of carbonyl (C=O) groups excluding carboxylic acids is 2. The SMILES string of the molecule is Cc1ccc(C)c2c1C(=O)N(C(CO)(CO)CO)C2=O. The Hall–Kier alpha value is -1.76. The Bertz CT molecular complexity index is 528. The molecule has 1 aliphatic heterocycles. The lowest BCUT2D eigenvalue weighted by molar-refractivity contribution is -0.0237. The molecule has 0 aromatic heterocycles. The van der Waals surface area contributed by atoms with Crippen molar-refractivity contribution < 1.29 is 24.9 Å². The first-order valence-electron chi connectivity index (χ1n) is 6.25. The van der Waals surface area contributed by atoms with Gasteiger partial charge in [-0.15, -0.1) is 0 Å². The average molecular weight is 279 g/mol. The smallest absolute Gasteiger partial charge is 0.262 e. The lowest BCUT2D eigenvalue weighted by atomic mass is 9.99. The van der Waals surface area contributed by atoms with Crippen molar-refractivity contribution in [2.75, 3.05) is 19.8 Å². The molecule has 1 aliphatic rings. The molecule has 0 bridgehead atoms. The highest BCUT2D eigenvalue weighted by atomic mass is 16.3. The highest BCUT2D eigenvalue weighted by molar-refractivity contribution is 6.23. The molecular formula is C14H17NO5. The van der Waals surface area contributed by atoms with Crippen molar-refractivity contribution in [3.8, 4) is 0 Å². The molecule has 1 aromatic carbocycles. The lowest BCUT2D eigenvalue weighted by Crippen LogP contribution is -2.59. The van der Waals surface area contributed by atoms with Gasteiger partial charge in [0.25, 0.3) is 11.8 Å². The van der Waals surface area contributed by atoms with E-state index in [-0.39, 0.29) is 11.1 Å². The summed E-state index contributed by atoms with van der Waals surface area (Å²) < 4.78 is 0. The van der Waals surface area contributed by atoms with Crippen molar-refractivity contribution in [2.45, 2.75) is 19.4 Å². The van der Waals surface area contributed by atoms with Crippen LogP contribution in [0.4, 0.5) is 0 Å². The van der Waals surface area contributed by atoms with Gasteiger partial charge in [0.2, 0.25) is 0 Å². The van der Waals surface area contributed by atoms with Crippen LogP contribution in [0, 0.1) is 13.8 Å². The molecular weight excluding hydrogens is 262 g/mol. The van der Waals surface area contributed by atoms with Crippen LogP contribution < -0.4 is 0 Å². The number of rotatable bonds is 4. The van der Waals surface area contributed by atoms with Crippen molar-refractivity contribution in [1.82, 2.24) is 4.90 Å². The summed E-state index contributed by atoms with van der Waals surface area (Å²) in [6.45, 7) is 1.31. The van der Waals surface area contributed by atoms with Crippen LogP contribution in [0.3, 0.4) is 0 Å². The topological polar surface area (TPSA) is 98.1 Å². The summed E-state index contributed by atoms with van der Waals surface area (Å²) in [6, 6.07) is 3.47. The predicted octanol–water partition coefficient (Wildman–Crippen LogP) is -0.385. The number of carbonyl (C=O) groups is 2. The van der Waals surface area contributed by atoms with Crippen LogP contribution in [0.15, 0.2) is 12.1 Å². The minimum Gasteiger partial charge on any atom is -0.394 e. The van der Waals surface area contributed by atoms with Gasteiger partial charge in [-0.2, -0.15) is 0 Å². The number of hydrogen-bond acceptors (Lipinski definition) is 5. The fraction of sp³-hybridized carbons (Fsp3) is 0.429. The Morgan fingerprint density at radius 3 is 1.55 bits per heavy atom. The molecule has 20 heavy (non-hydrogen) atoms. The largest absolute Gasteiger partial charge is 0.394 e. The van der Waals surface area contributed by atoms with E-state index in [1.54, 1.807) is 26.0 Å². The molecule has 3 N–H and O–H groups in total. The highest BCUT2D eigenvalue weighted by Crippen LogP contribution is 2.33. The first kappa shape index (κ1) is 14.6. The van der Waals surface area contributed by atoms with Crippen molar-refractivity contribution in [3.63, 3.8) is 0 Å². The molecule has 2 amide bonds. The fourth-order valence-electron chi connectivity index (χ4n) is 2.47. The molecule has 1 heterocycles. The summed E-state index contributed by atoms with van der Waals surface area (Å²) in [7, 11) is 0. The minimum atomic E-state index is -1.69. The van der Waals surface area contributed by atoms with Crippen LogP contribution in [0.5, 0.6) is 0 Å². The molecule has 0 saturated heterocycles. The molecule has 0 radical (unpaired) electrons. The summed E-state index contributed by atoms with van der Waals surface area (Å²) in [5.41, 5.74) is 0.152. The maximum atomic E-state index is 12.5. The Morgan fingerprint density at radius 2 is 1.25 bits per heavy atom. The second-order valence-electron chi connectivity index (χ2n) is 5.09. The van der Waals surface area contributed by atoms with E-state index in [1.165, 1.54) is 0 Å². The number of aliphatic hydroxyl groups excluding tert-OH is 3. The number of fused-ring (bicyclic) bond motifs is 1. The summed E-state index contributed by atoms with van der Waals surface area (Å²) >= 11 is 0. The summed E-state index contributed by atoms with van der Waals surface area (Å²) in [6.07, 6.45) is 0. The number of hydrogen-bond donors (Lipinski definition) is 3. The number of amides is 2. The molecule has 0 atom stereocenters. The highest BCUT2D eigenvalue weighted by Gasteiger charge is 2.49. The van der Waals surface area contributed by atoms with Crippen LogP contribution in [-0.4, -0.2) is 57.4 Å². The fourth-order valence-corrected chi connectivity index (χ4v) is 2.47. The second kappa shape index (κ2) is 4.97. The van der Waals surface area contributed by atoms with E-state index in [2.05, 4.69) is 0 Å². The monoisotopic (exact) mass is 279 g/mol. The maximum absolute atomic E-state index is 12.5. The van der Waals surface area contributed by atoms with E-state index < -0.39 is 37.2 Å². The van der Waals surface area contributed by atoms with Gasteiger partial charge in [0.15, 0.2) is 0 Å². The standard InChI is InChI=1S/C14H17NO5/c1-8-3-4-9(2)11-10(8)12(19)15(13(11)20)14(5-16,6-17)7-18/h3-4,16-18H,5-7H2,1-2H3. The normalized spacial score (nSPS) is 14.9. The molecule has 2 rings (SSSR count). The predicted molar refractivity (Wildman–Crippen MR) is 70.4 cm³/mol. The van der Waals surface area contributed by atoms with E-state index in [4.69, 9.17) is 0 Å². The van der Waals surface area contributed by atoms with Crippen LogP contribution in [0.25, 0.3) is 0 Å². The third kappa shape index (κ3) is 1.76. The Balaban J connectivity index is 2.64. The molecule has 6 heteroatoms. The maximum Gasteiger partial charge on any atom is 0.262 e. The van der Waals surface area contributed by atoms with Crippen molar-refractivity contribution >= 4 is 11.8 Å². The Kier molecular flexibility index (Phi) is 3.64. The molecule has 0 unspecified atom stereocenters. The van der Waals surface area contributed by atoms with E-state index in [0.29, 0.717) is 11.1 Å². The van der Waals surface area contributed by atoms with Gasteiger partial charge in [-0.05, 0) is 25.0 Å². The first-order chi connectivity index (χ1) is 9.43. The molecule has 1 aromatic rings. The van der Waals surface area contributed by atoms with E-state index in [0.717, 1.165) is 4.90 Å². The van der Waals surface area contributed by atoms with Crippen LogP contribution in [-0.2, 0) is 0 Å². The van der Waals surface area contributed by atoms with Crippen LogP contribution >= 0.6 is 0 Å². The number of aryl methyl sites for hydroxylation is 2. The van der Waals surface area contributed by atoms with Crippen molar-refractivity contribution in [2.24, 2.45) is 0 Å². The van der Waals surface area contributed by atoms with Gasteiger partial charge in [-0.1, -0.05) is 12.1 Å². The zero-order chi connectivity index (χ0) is 15.1. The summed E-state index contributed by atoms with van der Waals surface area (Å²) in [5.74, 6) is -1.19. The number of nitrogens with zero attached hydrogens (tertiary/aromatic N) is 1. The van der Waals surface area contributed by atoms with Gasteiger partial charge in [0.1, 0.15) is 5.54 Å². The summed E-state index contributed by atoms with van der Waals surface area (Å²) in [5, 5.41) is 28.3. The van der Waals surface area contributed by atoms with Crippen molar-refractivity contribution in [3.05, 3.63) is 34.4 Å². The van der Waals surface area contributed by atoms with Gasteiger partial charge < -0.3 is 15.3 Å². The van der Waals surface area contributed by atoms with Gasteiger partial charge in [0, 0.05) is 0 Å². The number of benzene rings is 1. The minimum absolute atomic E-state index is 0.273. The average Bonchev–Trinajstić information content (AvgIpc) is 2.72. The van der Waals surface area contributed by atoms with E-state index >= 15 is 0 Å². The Labute approximate surface area is 116 Å². The lowest BCUT2D eigenvalue weighted by Gasteiger charge is -2.35. The molecule has 0 aliphatic carbocycles. The zero-order valence-corrected chi connectivity index (χ0v) is 11.4. The van der Waals surface area contributed by atoms with Crippen molar-refractivity contribution in [1.29, 1.82) is 0 Å². The van der Waals surface area contributed by atoms with Gasteiger partial charge in [-0.25, -0.2) is 0 Å². The molecule has 0 fully saturated rings. The van der Waals surface area contributed by atoms with E-state index in [1.807, 2.05) is 0 Å². The number of imide groups is 1. The molecule has 0 spiro atoms. The number of aliphatic hydroxyl groups is 3. The molecule has 108 valence electrons. The third-order valence-electron chi connectivity index (χ3n) is 3.81.